The van der Waals surface area contributed by atoms with Gasteiger partial charge in [0.05, 0.1) is 31.5 Å². The Bertz CT molecular complexity index is 521. The van der Waals surface area contributed by atoms with Crippen LogP contribution in [0.15, 0.2) is 18.2 Å². The summed E-state index contributed by atoms with van der Waals surface area (Å²) < 4.78 is 23.0. The Kier molecular flexibility index (Phi) is 3.55. The highest BCUT2D eigenvalue weighted by Crippen LogP contribution is 2.37. The van der Waals surface area contributed by atoms with Crippen LogP contribution in [0.2, 0.25) is 0 Å². The van der Waals surface area contributed by atoms with Crippen molar-refractivity contribution in [2.75, 3.05) is 20.3 Å². The van der Waals surface area contributed by atoms with Gasteiger partial charge in [-0.25, -0.2) is 0 Å². The zero-order chi connectivity index (χ0) is 15.3. The Balaban J connectivity index is 1.95. The smallest absolute Gasteiger partial charge is 0.495 e. The molecule has 0 atom stereocenters. The number of benzene rings is 1. The van der Waals surface area contributed by atoms with Crippen molar-refractivity contribution in [2.24, 2.45) is 0 Å². The van der Waals surface area contributed by atoms with Crippen LogP contribution in [0, 0.1) is 0 Å². The van der Waals surface area contributed by atoms with E-state index < -0.39 is 0 Å². The molecule has 0 aliphatic carbocycles. The van der Waals surface area contributed by atoms with Crippen LogP contribution in [0.5, 0.6) is 5.75 Å². The molecule has 2 aliphatic heterocycles. The van der Waals surface area contributed by atoms with Crippen LogP contribution in [-0.2, 0) is 14.0 Å². The van der Waals surface area contributed by atoms with E-state index in [0.717, 1.165) is 24.4 Å². The molecule has 2 saturated heterocycles. The van der Waals surface area contributed by atoms with E-state index in [4.69, 9.17) is 18.8 Å². The first kappa shape index (κ1) is 14.9. The normalized spacial score (nSPS) is 24.0. The van der Waals surface area contributed by atoms with Crippen LogP contribution in [0.1, 0.15) is 39.2 Å². The molecule has 114 valence electrons. The van der Waals surface area contributed by atoms with Crippen LogP contribution in [0.3, 0.4) is 0 Å². The first-order chi connectivity index (χ1) is 9.84. The molecule has 2 heterocycles. The summed E-state index contributed by atoms with van der Waals surface area (Å²) in [5, 5.41) is 0. The minimum Gasteiger partial charge on any atom is -0.497 e. The van der Waals surface area contributed by atoms with Crippen LogP contribution in [0.25, 0.3) is 0 Å². The van der Waals surface area contributed by atoms with Crippen LogP contribution < -0.4 is 10.2 Å². The van der Waals surface area contributed by atoms with Gasteiger partial charge < -0.3 is 18.8 Å². The molecule has 2 fully saturated rings. The molecule has 0 saturated carbocycles. The minimum atomic E-state index is -0.337. The monoisotopic (exact) mass is 290 g/mol. The van der Waals surface area contributed by atoms with Crippen molar-refractivity contribution in [3.05, 3.63) is 23.8 Å². The lowest BCUT2D eigenvalue weighted by Gasteiger charge is -2.32. The van der Waals surface area contributed by atoms with E-state index in [0.29, 0.717) is 5.92 Å². The third-order valence-corrected chi connectivity index (χ3v) is 4.88. The highest BCUT2D eigenvalue weighted by molar-refractivity contribution is 6.62. The van der Waals surface area contributed by atoms with Gasteiger partial charge in [-0.15, -0.1) is 0 Å². The maximum Gasteiger partial charge on any atom is 0.495 e. The van der Waals surface area contributed by atoms with Gasteiger partial charge in [0.25, 0.3) is 0 Å². The van der Waals surface area contributed by atoms with Crippen molar-refractivity contribution < 1.29 is 18.8 Å². The van der Waals surface area contributed by atoms with Gasteiger partial charge in [0.15, 0.2) is 0 Å². The van der Waals surface area contributed by atoms with Crippen LogP contribution in [0.4, 0.5) is 0 Å². The maximum absolute atomic E-state index is 6.18. The highest BCUT2D eigenvalue weighted by atomic mass is 16.7. The first-order valence-corrected chi connectivity index (χ1v) is 7.45. The maximum atomic E-state index is 6.18. The molecule has 21 heavy (non-hydrogen) atoms. The minimum absolute atomic E-state index is 0.328. The second-order valence-electron chi connectivity index (χ2n) is 6.82. The number of methoxy groups -OCH3 is 1. The third kappa shape index (κ3) is 2.47. The van der Waals surface area contributed by atoms with E-state index in [-0.39, 0.29) is 18.3 Å². The van der Waals surface area contributed by atoms with Gasteiger partial charge in [0.1, 0.15) is 5.75 Å². The second kappa shape index (κ2) is 5.01. The Hall–Kier alpha value is -1.04. The molecule has 3 rings (SSSR count). The lowest BCUT2D eigenvalue weighted by Crippen LogP contribution is -2.41. The number of hydrogen-bond acceptors (Lipinski definition) is 4. The standard InChI is InChI=1S/C16H23BO4/c1-15(2)16(3,4)21-17(20-15)14-7-6-12(18-5)8-13(14)11-9-19-10-11/h6-8,11H,9-10H2,1-5H3. The molecular formula is C16H23BO4. The van der Waals surface area contributed by atoms with Crippen LogP contribution >= 0.6 is 0 Å². The topological polar surface area (TPSA) is 36.9 Å². The number of hydrogen-bond donors (Lipinski definition) is 0. The van der Waals surface area contributed by atoms with Crippen molar-refractivity contribution in [1.82, 2.24) is 0 Å². The quantitative estimate of drug-likeness (QED) is 0.799. The molecule has 1 aromatic rings. The van der Waals surface area contributed by atoms with Gasteiger partial charge in [-0.05, 0) is 50.9 Å². The Morgan fingerprint density at radius 1 is 1.10 bits per heavy atom. The van der Waals surface area contributed by atoms with Gasteiger partial charge in [0.2, 0.25) is 0 Å². The highest BCUT2D eigenvalue weighted by Gasteiger charge is 2.52. The molecule has 0 bridgehead atoms. The summed E-state index contributed by atoms with van der Waals surface area (Å²) >= 11 is 0. The molecule has 0 spiro atoms. The zero-order valence-corrected chi connectivity index (χ0v) is 13.4. The Labute approximate surface area is 126 Å². The molecule has 5 heteroatoms. The average Bonchev–Trinajstić information content (AvgIpc) is 2.56. The van der Waals surface area contributed by atoms with Crippen molar-refractivity contribution >= 4 is 12.6 Å². The molecule has 0 aromatic heterocycles. The van der Waals surface area contributed by atoms with Crippen molar-refractivity contribution in [3.8, 4) is 5.75 Å². The molecule has 0 amide bonds. The fourth-order valence-electron chi connectivity index (χ4n) is 2.63. The Morgan fingerprint density at radius 3 is 2.19 bits per heavy atom. The molecule has 4 nitrogen and oxygen atoms in total. The van der Waals surface area contributed by atoms with E-state index in [9.17, 15) is 0 Å². The second-order valence-corrected chi connectivity index (χ2v) is 6.82. The van der Waals surface area contributed by atoms with Gasteiger partial charge >= 0.3 is 7.12 Å². The van der Waals surface area contributed by atoms with Crippen molar-refractivity contribution in [3.63, 3.8) is 0 Å². The summed E-state index contributed by atoms with van der Waals surface area (Å²) in [6.07, 6.45) is 0. The fourth-order valence-corrected chi connectivity index (χ4v) is 2.63. The summed E-state index contributed by atoms with van der Waals surface area (Å²) in [5.41, 5.74) is 1.64. The lowest BCUT2D eigenvalue weighted by atomic mass is 9.72. The third-order valence-electron chi connectivity index (χ3n) is 4.88. The SMILES string of the molecule is COc1ccc(B2OC(C)(C)C(C)(C)O2)c(C2COC2)c1. The van der Waals surface area contributed by atoms with Crippen molar-refractivity contribution in [1.29, 1.82) is 0 Å². The summed E-state index contributed by atoms with van der Waals surface area (Å²) in [6.45, 7) is 9.79. The largest absolute Gasteiger partial charge is 0.497 e. The number of rotatable bonds is 3. The van der Waals surface area contributed by atoms with E-state index in [1.807, 2.05) is 6.07 Å². The molecule has 1 aromatic carbocycles. The van der Waals surface area contributed by atoms with Crippen LogP contribution in [-0.4, -0.2) is 38.6 Å². The first-order valence-electron chi connectivity index (χ1n) is 7.45. The predicted octanol–water partition coefficient (Wildman–Crippen LogP) is 2.11. The van der Waals surface area contributed by atoms with E-state index >= 15 is 0 Å². The van der Waals surface area contributed by atoms with Gasteiger partial charge in [-0.2, -0.15) is 0 Å². The number of ether oxygens (including phenoxy) is 2. The van der Waals surface area contributed by atoms with E-state index in [2.05, 4.69) is 39.8 Å². The molecule has 2 aliphatic rings. The van der Waals surface area contributed by atoms with Gasteiger partial charge in [-0.1, -0.05) is 6.07 Å². The lowest BCUT2D eigenvalue weighted by molar-refractivity contribution is 0.00578. The summed E-state index contributed by atoms with van der Waals surface area (Å²) in [4.78, 5) is 0. The van der Waals surface area contributed by atoms with Gasteiger partial charge in [-0.3, -0.25) is 0 Å². The van der Waals surface area contributed by atoms with E-state index in [1.54, 1.807) is 7.11 Å². The van der Waals surface area contributed by atoms with E-state index in [1.165, 1.54) is 5.56 Å². The molecule has 0 radical (unpaired) electrons. The fraction of sp³-hybridized carbons (Fsp3) is 0.625. The molecule has 0 N–H and O–H groups in total. The average molecular weight is 290 g/mol. The zero-order valence-electron chi connectivity index (χ0n) is 13.4. The molecule has 0 unspecified atom stereocenters. The predicted molar refractivity (Wildman–Crippen MR) is 82.3 cm³/mol. The Morgan fingerprint density at radius 2 is 1.71 bits per heavy atom. The van der Waals surface area contributed by atoms with Crippen molar-refractivity contribution in [2.45, 2.75) is 44.8 Å². The summed E-state index contributed by atoms with van der Waals surface area (Å²) in [7, 11) is 1.35. The van der Waals surface area contributed by atoms with Gasteiger partial charge in [0, 0.05) is 5.92 Å². The molecular weight excluding hydrogens is 267 g/mol. The summed E-state index contributed by atoms with van der Waals surface area (Å²) in [5.74, 6) is 1.26. The summed E-state index contributed by atoms with van der Waals surface area (Å²) in [6, 6.07) is 6.09.